The fourth-order valence-electron chi connectivity index (χ4n) is 2.23. The zero-order valence-corrected chi connectivity index (χ0v) is 11.4. The van der Waals surface area contributed by atoms with E-state index in [0.717, 1.165) is 24.0 Å². The maximum Gasteiger partial charge on any atom is 0.0406 e. The van der Waals surface area contributed by atoms with Crippen LogP contribution < -0.4 is 10.6 Å². The Morgan fingerprint density at radius 1 is 1.22 bits per heavy atom. The van der Waals surface area contributed by atoms with Gasteiger partial charge in [-0.2, -0.15) is 0 Å². The Labute approximate surface area is 114 Å². The third-order valence-electron chi connectivity index (χ3n) is 3.33. The third-order valence-corrected chi connectivity index (χ3v) is 3.59. The SMILES string of the molecule is Clc1ccc(/C=C\CNCC2CCNCC2)cc1. The van der Waals surface area contributed by atoms with Gasteiger partial charge >= 0.3 is 0 Å². The molecule has 0 atom stereocenters. The fraction of sp³-hybridized carbons (Fsp3) is 0.467. The van der Waals surface area contributed by atoms with Crippen molar-refractivity contribution in [3.63, 3.8) is 0 Å². The molecule has 0 radical (unpaired) electrons. The van der Waals surface area contributed by atoms with E-state index in [-0.39, 0.29) is 0 Å². The van der Waals surface area contributed by atoms with E-state index < -0.39 is 0 Å². The molecule has 1 heterocycles. The van der Waals surface area contributed by atoms with Crippen molar-refractivity contribution in [2.24, 2.45) is 5.92 Å². The van der Waals surface area contributed by atoms with Gasteiger partial charge in [0.05, 0.1) is 0 Å². The molecule has 1 aliphatic heterocycles. The molecule has 1 aromatic carbocycles. The number of benzene rings is 1. The molecule has 18 heavy (non-hydrogen) atoms. The Balaban J connectivity index is 1.63. The summed E-state index contributed by atoms with van der Waals surface area (Å²) in [4.78, 5) is 0. The normalized spacial score (nSPS) is 17.4. The van der Waals surface area contributed by atoms with E-state index in [9.17, 15) is 0 Å². The summed E-state index contributed by atoms with van der Waals surface area (Å²) in [5.41, 5.74) is 1.20. The van der Waals surface area contributed by atoms with E-state index in [1.807, 2.05) is 24.3 Å². The van der Waals surface area contributed by atoms with Crippen LogP contribution in [0.2, 0.25) is 5.02 Å². The Morgan fingerprint density at radius 2 is 1.94 bits per heavy atom. The summed E-state index contributed by atoms with van der Waals surface area (Å²) in [5, 5.41) is 7.67. The molecule has 0 spiro atoms. The van der Waals surface area contributed by atoms with Gasteiger partial charge < -0.3 is 10.6 Å². The van der Waals surface area contributed by atoms with Crippen LogP contribution in [0, 0.1) is 5.92 Å². The molecule has 2 nitrogen and oxygen atoms in total. The lowest BCUT2D eigenvalue weighted by Crippen LogP contribution is -2.33. The zero-order valence-electron chi connectivity index (χ0n) is 10.7. The molecule has 0 aromatic heterocycles. The average molecular weight is 265 g/mol. The Morgan fingerprint density at radius 3 is 2.67 bits per heavy atom. The summed E-state index contributed by atoms with van der Waals surface area (Å²) in [6.45, 7) is 4.42. The van der Waals surface area contributed by atoms with E-state index >= 15 is 0 Å². The topological polar surface area (TPSA) is 24.1 Å². The van der Waals surface area contributed by atoms with Gasteiger partial charge in [-0.15, -0.1) is 0 Å². The van der Waals surface area contributed by atoms with Gasteiger partial charge in [0.25, 0.3) is 0 Å². The minimum atomic E-state index is 0.788. The third kappa shape index (κ3) is 4.81. The van der Waals surface area contributed by atoms with E-state index in [2.05, 4.69) is 22.8 Å². The molecular weight excluding hydrogens is 244 g/mol. The molecule has 2 N–H and O–H groups in total. The molecule has 1 aromatic rings. The van der Waals surface area contributed by atoms with E-state index in [1.54, 1.807) is 0 Å². The number of rotatable bonds is 5. The first-order valence-corrected chi connectivity index (χ1v) is 7.06. The van der Waals surface area contributed by atoms with Gasteiger partial charge in [-0.05, 0) is 56.1 Å². The van der Waals surface area contributed by atoms with Gasteiger partial charge in [-0.25, -0.2) is 0 Å². The summed E-state index contributed by atoms with van der Waals surface area (Å²) in [6.07, 6.45) is 6.90. The Kier molecular flexibility index (Phi) is 5.72. The first-order chi connectivity index (χ1) is 8.84. The van der Waals surface area contributed by atoms with Crippen molar-refractivity contribution in [1.82, 2.24) is 10.6 Å². The summed E-state index contributed by atoms with van der Waals surface area (Å²) < 4.78 is 0. The molecule has 1 fully saturated rings. The first kappa shape index (κ1) is 13.6. The molecular formula is C15H21ClN2. The molecule has 0 saturated carbocycles. The van der Waals surface area contributed by atoms with Crippen LogP contribution in [0.4, 0.5) is 0 Å². The van der Waals surface area contributed by atoms with Gasteiger partial charge in [0.2, 0.25) is 0 Å². The second kappa shape index (κ2) is 7.57. The highest BCUT2D eigenvalue weighted by Gasteiger charge is 2.11. The number of piperidine rings is 1. The molecule has 0 bridgehead atoms. The second-order valence-electron chi connectivity index (χ2n) is 4.81. The summed E-state index contributed by atoms with van der Waals surface area (Å²) in [5.74, 6) is 0.843. The van der Waals surface area contributed by atoms with Crippen LogP contribution in [0.3, 0.4) is 0 Å². The Bertz CT molecular complexity index is 367. The predicted molar refractivity (Wildman–Crippen MR) is 78.9 cm³/mol. The Hall–Kier alpha value is -0.830. The predicted octanol–water partition coefficient (Wildman–Crippen LogP) is 2.94. The van der Waals surface area contributed by atoms with Gasteiger partial charge in [-0.1, -0.05) is 35.9 Å². The number of hydrogen-bond donors (Lipinski definition) is 2. The number of halogens is 1. The molecule has 0 unspecified atom stereocenters. The maximum absolute atomic E-state index is 5.84. The van der Waals surface area contributed by atoms with Crippen LogP contribution in [0.25, 0.3) is 6.08 Å². The lowest BCUT2D eigenvalue weighted by Gasteiger charge is -2.22. The molecule has 98 valence electrons. The lowest BCUT2D eigenvalue weighted by molar-refractivity contribution is 0.361. The van der Waals surface area contributed by atoms with Gasteiger partial charge in [0, 0.05) is 11.6 Å². The van der Waals surface area contributed by atoms with Gasteiger partial charge in [0.15, 0.2) is 0 Å². The highest BCUT2D eigenvalue weighted by molar-refractivity contribution is 6.30. The van der Waals surface area contributed by atoms with Gasteiger partial charge in [0.1, 0.15) is 0 Å². The van der Waals surface area contributed by atoms with Crippen LogP contribution >= 0.6 is 11.6 Å². The van der Waals surface area contributed by atoms with Crippen molar-refractivity contribution in [3.05, 3.63) is 40.9 Å². The highest BCUT2D eigenvalue weighted by Crippen LogP contribution is 2.11. The number of nitrogens with one attached hydrogen (secondary N) is 2. The molecule has 0 amide bonds. The van der Waals surface area contributed by atoms with Crippen molar-refractivity contribution < 1.29 is 0 Å². The van der Waals surface area contributed by atoms with Crippen LogP contribution in [-0.4, -0.2) is 26.2 Å². The average Bonchev–Trinajstić information content (AvgIpc) is 2.42. The minimum absolute atomic E-state index is 0.788. The monoisotopic (exact) mass is 264 g/mol. The first-order valence-electron chi connectivity index (χ1n) is 6.68. The van der Waals surface area contributed by atoms with Crippen LogP contribution in [0.5, 0.6) is 0 Å². The highest BCUT2D eigenvalue weighted by atomic mass is 35.5. The van der Waals surface area contributed by atoms with Crippen molar-refractivity contribution in [3.8, 4) is 0 Å². The second-order valence-corrected chi connectivity index (χ2v) is 5.24. The minimum Gasteiger partial charge on any atom is -0.317 e. The molecule has 1 saturated heterocycles. The van der Waals surface area contributed by atoms with Crippen molar-refractivity contribution in [2.45, 2.75) is 12.8 Å². The molecule has 0 aliphatic carbocycles. The van der Waals surface area contributed by atoms with Crippen molar-refractivity contribution in [1.29, 1.82) is 0 Å². The standard InChI is InChI=1S/C15H21ClN2/c16-15-5-3-13(4-6-15)2-1-9-18-12-14-7-10-17-11-8-14/h1-6,14,17-18H,7-12H2/b2-1-. The largest absolute Gasteiger partial charge is 0.317 e. The molecule has 1 aliphatic rings. The van der Waals surface area contributed by atoms with Crippen LogP contribution in [0.1, 0.15) is 18.4 Å². The number of hydrogen-bond acceptors (Lipinski definition) is 2. The van der Waals surface area contributed by atoms with E-state index in [1.165, 1.54) is 31.5 Å². The summed E-state index contributed by atoms with van der Waals surface area (Å²) in [6, 6.07) is 7.91. The van der Waals surface area contributed by atoms with E-state index in [0.29, 0.717) is 0 Å². The fourth-order valence-corrected chi connectivity index (χ4v) is 2.35. The molecule has 2 rings (SSSR count). The quantitative estimate of drug-likeness (QED) is 0.799. The summed E-state index contributed by atoms with van der Waals surface area (Å²) in [7, 11) is 0. The van der Waals surface area contributed by atoms with Gasteiger partial charge in [-0.3, -0.25) is 0 Å². The zero-order chi connectivity index (χ0) is 12.6. The summed E-state index contributed by atoms with van der Waals surface area (Å²) >= 11 is 5.84. The lowest BCUT2D eigenvalue weighted by atomic mass is 9.98. The smallest absolute Gasteiger partial charge is 0.0406 e. The molecule has 3 heteroatoms. The van der Waals surface area contributed by atoms with Crippen molar-refractivity contribution in [2.75, 3.05) is 26.2 Å². The van der Waals surface area contributed by atoms with Crippen LogP contribution in [-0.2, 0) is 0 Å². The van der Waals surface area contributed by atoms with Crippen LogP contribution in [0.15, 0.2) is 30.3 Å². The van der Waals surface area contributed by atoms with E-state index in [4.69, 9.17) is 11.6 Å². The maximum atomic E-state index is 5.84. The van der Waals surface area contributed by atoms with Crippen molar-refractivity contribution >= 4 is 17.7 Å².